The Morgan fingerprint density at radius 1 is 0.500 bits per heavy atom. The largest absolute Gasteiger partial charge is 0.472 e. The third-order valence-corrected chi connectivity index (χ3v) is 13.1. The number of fused-ring (bicyclic) bond motifs is 1. The molecule has 2 aliphatic rings. The molecule has 2 fully saturated rings. The second kappa shape index (κ2) is 36.1. The molecule has 0 radical (unpaired) electrons. The number of phosphoric ester groups is 2. The number of phosphoric acid groups is 2. The van der Waals surface area contributed by atoms with E-state index >= 15 is 0 Å². The Labute approximate surface area is 376 Å². The summed E-state index contributed by atoms with van der Waals surface area (Å²) in [6, 6.07) is 0. The zero-order valence-electron chi connectivity index (χ0n) is 38.7. The van der Waals surface area contributed by atoms with Gasteiger partial charge in [-0.05, 0) is 77.0 Å². The maximum atomic E-state index is 12.5. The smallest absolute Gasteiger partial charge is 0.364 e. The highest BCUT2D eigenvalue weighted by Crippen LogP contribution is 2.49. The molecule has 6 atom stereocenters. The molecule has 0 aromatic rings. The lowest BCUT2D eigenvalue weighted by molar-refractivity contribution is -0.221. The second-order valence-electron chi connectivity index (χ2n) is 16.7. The van der Waals surface area contributed by atoms with Crippen molar-refractivity contribution in [1.82, 2.24) is 0 Å². The molecule has 0 aliphatic carbocycles. The van der Waals surface area contributed by atoms with Crippen molar-refractivity contribution in [3.63, 3.8) is 0 Å². The highest BCUT2D eigenvalue weighted by molar-refractivity contribution is 7.47. The summed E-state index contributed by atoms with van der Waals surface area (Å²) < 4.78 is 65.3. The van der Waals surface area contributed by atoms with Gasteiger partial charge in [-0.2, -0.15) is 0 Å². The van der Waals surface area contributed by atoms with Crippen LogP contribution in [0, 0.1) is 0 Å². The van der Waals surface area contributed by atoms with Gasteiger partial charge >= 0.3 is 15.6 Å². The normalized spacial score (nSPS) is 22.2. The zero-order valence-corrected chi connectivity index (χ0v) is 40.5. The lowest BCUT2D eigenvalue weighted by Crippen LogP contribution is -2.37. The van der Waals surface area contributed by atoms with Crippen LogP contribution < -0.4 is 11.5 Å². The summed E-state index contributed by atoms with van der Waals surface area (Å²) in [5.74, 6) is -0.905. The SMILES string of the molecule is CCCCC/C=C\C/C=C\CCCCCCCCC1(CCCCCCCC/C=C\C/C=C\CCCCC)O[C@H]2[C@H](O1)C(COP(=O)(O)OCCN)O[C@@H]2COP(=O)(O)OCCN. The summed E-state index contributed by atoms with van der Waals surface area (Å²) in [6.45, 7) is 3.61. The van der Waals surface area contributed by atoms with Crippen LogP contribution in [0.15, 0.2) is 48.6 Å². The molecule has 0 aromatic carbocycles. The molecule has 0 saturated carbocycles. The standard InChI is InChI=1S/C47H88N2O11P2/c1-3-5-7-9-11-13-15-17-19-21-23-25-27-29-31-33-35-47(36-34-32-30-28-26-24-22-20-18-16-14-12-10-8-6-4-2)59-45-43(41-56-61(50,51)54-39-37-48)58-44(46(45)60-47)42-57-62(52,53)55-40-38-49/h11-14,17-20,43-46H,3-10,15-16,21-42,48-49H2,1-2H3,(H,50,51)(H,52,53)/b13-11-,14-12-,19-17-,20-18-/t43-,44?,45-,46-/m1/s1. The van der Waals surface area contributed by atoms with Crippen LogP contribution in [-0.2, 0) is 41.4 Å². The van der Waals surface area contributed by atoms with Crippen LogP contribution in [0.1, 0.15) is 181 Å². The van der Waals surface area contributed by atoms with Crippen molar-refractivity contribution in [2.75, 3.05) is 39.5 Å². The molecule has 13 nitrogen and oxygen atoms in total. The average molecular weight is 919 g/mol. The predicted molar refractivity (Wildman–Crippen MR) is 251 cm³/mol. The first kappa shape index (κ1) is 57.1. The van der Waals surface area contributed by atoms with Gasteiger partial charge in [0.1, 0.15) is 24.4 Å². The van der Waals surface area contributed by atoms with E-state index in [1.165, 1.54) is 89.9 Å². The van der Waals surface area contributed by atoms with Crippen LogP contribution in [-0.4, -0.2) is 79.5 Å². The molecule has 2 saturated heterocycles. The highest BCUT2D eigenvalue weighted by atomic mass is 31.2. The summed E-state index contributed by atoms with van der Waals surface area (Å²) in [5.41, 5.74) is 10.9. The van der Waals surface area contributed by atoms with Crippen LogP contribution in [0.25, 0.3) is 0 Å². The third kappa shape index (κ3) is 27.5. The van der Waals surface area contributed by atoms with Gasteiger partial charge in [-0.1, -0.05) is 140 Å². The summed E-state index contributed by atoms with van der Waals surface area (Å²) in [7, 11) is -8.83. The van der Waals surface area contributed by atoms with E-state index < -0.39 is 45.8 Å². The van der Waals surface area contributed by atoms with Gasteiger partial charge in [0.2, 0.25) is 0 Å². The minimum Gasteiger partial charge on any atom is -0.364 e. The molecule has 2 heterocycles. The van der Waals surface area contributed by atoms with E-state index in [1.54, 1.807) is 0 Å². The molecule has 0 spiro atoms. The minimum absolute atomic E-state index is 0.0499. The van der Waals surface area contributed by atoms with Crippen LogP contribution in [0.4, 0.5) is 0 Å². The van der Waals surface area contributed by atoms with E-state index in [9.17, 15) is 18.9 Å². The van der Waals surface area contributed by atoms with Crippen molar-refractivity contribution >= 4 is 15.6 Å². The molecule has 3 unspecified atom stereocenters. The van der Waals surface area contributed by atoms with E-state index in [1.807, 2.05) is 0 Å². The molecule has 362 valence electrons. The Kier molecular flexibility index (Phi) is 33.3. The van der Waals surface area contributed by atoms with Gasteiger partial charge in [0.25, 0.3) is 0 Å². The maximum Gasteiger partial charge on any atom is 0.472 e. The van der Waals surface area contributed by atoms with Crippen molar-refractivity contribution < 1.29 is 51.2 Å². The number of unbranched alkanes of at least 4 members (excludes halogenated alkanes) is 18. The highest BCUT2D eigenvalue weighted by Gasteiger charge is 2.58. The van der Waals surface area contributed by atoms with Crippen molar-refractivity contribution in [2.24, 2.45) is 11.5 Å². The summed E-state index contributed by atoms with van der Waals surface area (Å²) in [4.78, 5) is 20.4. The van der Waals surface area contributed by atoms with Crippen LogP contribution in [0.2, 0.25) is 0 Å². The van der Waals surface area contributed by atoms with Gasteiger partial charge in [-0.3, -0.25) is 18.1 Å². The van der Waals surface area contributed by atoms with Gasteiger partial charge in [0.15, 0.2) is 5.79 Å². The lowest BCUT2D eigenvalue weighted by atomic mass is 9.98. The fraction of sp³-hybridized carbons (Fsp3) is 0.830. The van der Waals surface area contributed by atoms with Crippen molar-refractivity contribution in [1.29, 1.82) is 0 Å². The Morgan fingerprint density at radius 2 is 0.839 bits per heavy atom. The van der Waals surface area contributed by atoms with E-state index in [2.05, 4.69) is 62.5 Å². The summed E-state index contributed by atoms with van der Waals surface area (Å²) >= 11 is 0. The van der Waals surface area contributed by atoms with Gasteiger partial charge in [0.05, 0.1) is 26.4 Å². The number of hydrogen-bond donors (Lipinski definition) is 4. The maximum absolute atomic E-state index is 12.5. The Balaban J connectivity index is 1.95. The van der Waals surface area contributed by atoms with E-state index in [0.717, 1.165) is 64.2 Å². The molecule has 6 N–H and O–H groups in total. The molecule has 2 aliphatic heterocycles. The van der Waals surface area contributed by atoms with E-state index in [-0.39, 0.29) is 39.5 Å². The number of ether oxygens (including phenoxy) is 3. The third-order valence-electron chi connectivity index (χ3n) is 11.2. The first-order valence-corrected chi connectivity index (χ1v) is 27.3. The molecule has 0 amide bonds. The monoisotopic (exact) mass is 919 g/mol. The van der Waals surface area contributed by atoms with Crippen molar-refractivity contribution in [3.8, 4) is 0 Å². The van der Waals surface area contributed by atoms with Gasteiger partial charge < -0.3 is 35.5 Å². The first-order valence-electron chi connectivity index (χ1n) is 24.4. The fourth-order valence-corrected chi connectivity index (χ4v) is 9.24. The average Bonchev–Trinajstić information content (AvgIpc) is 3.78. The van der Waals surface area contributed by atoms with E-state index in [4.69, 9.17) is 43.8 Å². The van der Waals surface area contributed by atoms with Crippen molar-refractivity contribution in [3.05, 3.63) is 48.6 Å². The Hall–Kier alpha value is -1.02. The molecule has 62 heavy (non-hydrogen) atoms. The van der Waals surface area contributed by atoms with Crippen LogP contribution in [0.3, 0.4) is 0 Å². The molecular formula is C47H88N2O11P2. The number of rotatable bonds is 42. The molecule has 2 rings (SSSR count). The number of hydrogen-bond acceptors (Lipinski definition) is 11. The zero-order chi connectivity index (χ0) is 45.0. The Morgan fingerprint density at radius 3 is 1.19 bits per heavy atom. The summed E-state index contributed by atoms with van der Waals surface area (Å²) in [5, 5.41) is 0. The molecule has 0 aromatic heterocycles. The lowest BCUT2D eigenvalue weighted by Gasteiger charge is -2.31. The quantitative estimate of drug-likeness (QED) is 0.0257. The second-order valence-corrected chi connectivity index (χ2v) is 19.6. The van der Waals surface area contributed by atoms with Crippen LogP contribution in [0.5, 0.6) is 0 Å². The van der Waals surface area contributed by atoms with Gasteiger partial charge in [-0.25, -0.2) is 9.13 Å². The topological polar surface area (TPSA) is 191 Å². The molecular weight excluding hydrogens is 830 g/mol. The molecule has 0 bridgehead atoms. The van der Waals surface area contributed by atoms with Crippen molar-refractivity contribution in [2.45, 2.75) is 211 Å². The fourth-order valence-electron chi connectivity index (χ4n) is 7.75. The first-order chi connectivity index (χ1) is 30.1. The molecule has 15 heteroatoms. The predicted octanol–water partition coefficient (Wildman–Crippen LogP) is 11.8. The van der Waals surface area contributed by atoms with E-state index in [0.29, 0.717) is 12.8 Å². The number of allylic oxidation sites excluding steroid dienone is 8. The van der Waals surface area contributed by atoms with Gasteiger partial charge in [-0.15, -0.1) is 0 Å². The Bertz CT molecular complexity index is 1220. The van der Waals surface area contributed by atoms with Gasteiger partial charge in [0, 0.05) is 25.9 Å². The minimum atomic E-state index is -4.42. The van der Waals surface area contributed by atoms with Crippen LogP contribution >= 0.6 is 15.6 Å². The number of nitrogens with two attached hydrogens (primary N) is 2. The summed E-state index contributed by atoms with van der Waals surface area (Å²) in [6.07, 6.45) is 44.2.